The van der Waals surface area contributed by atoms with E-state index < -0.39 is 0 Å². The van der Waals surface area contributed by atoms with Crippen LogP contribution in [0.1, 0.15) is 0 Å². The van der Waals surface area contributed by atoms with Crippen molar-refractivity contribution in [1.29, 1.82) is 0 Å². The highest BCUT2D eigenvalue weighted by Gasteiger charge is 2.25. The molecule has 1 nitrogen and oxygen atoms in total. The number of anilines is 3. The zero-order valence-electron chi connectivity index (χ0n) is 28.4. The molecule has 0 bridgehead atoms. The molecule has 0 aliphatic rings. The van der Waals surface area contributed by atoms with Crippen LogP contribution in [0.2, 0.25) is 0 Å². The maximum absolute atomic E-state index is 2.51. The molecular formula is C50H33NS. The molecule has 0 aliphatic heterocycles. The van der Waals surface area contributed by atoms with E-state index in [4.69, 9.17) is 0 Å². The largest absolute Gasteiger partial charge is 0.308 e. The van der Waals surface area contributed by atoms with Gasteiger partial charge in [0.05, 0.1) is 16.1 Å². The van der Waals surface area contributed by atoms with Crippen LogP contribution in [0, 0.1) is 0 Å². The average Bonchev–Trinajstić information content (AvgIpc) is 3.61. The summed E-state index contributed by atoms with van der Waals surface area (Å²) >= 11 is 1.87. The standard InChI is InChI=1S/C50H33NS/c1-3-15-34(16-4-1)40-21-9-10-23-44(40)49-42(35-17-5-2-6-18-35)24-13-26-46(49)51(47-27-14-25-45-43-22-11-12-28-48(43)52-50(45)47)38-31-32-41-37(33-38)30-29-36-19-7-8-20-39(36)41/h1-33H. The second-order valence-electron chi connectivity index (χ2n) is 13.3. The van der Waals surface area contributed by atoms with Crippen LogP contribution in [0.5, 0.6) is 0 Å². The molecule has 9 aromatic carbocycles. The third kappa shape index (κ3) is 5.07. The Labute approximate surface area is 307 Å². The van der Waals surface area contributed by atoms with E-state index in [0.29, 0.717) is 0 Å². The maximum Gasteiger partial charge on any atom is 0.0640 e. The molecule has 0 atom stereocenters. The summed E-state index contributed by atoms with van der Waals surface area (Å²) in [7, 11) is 0. The first kappa shape index (κ1) is 30.4. The number of nitrogens with zero attached hydrogens (tertiary/aromatic N) is 1. The lowest BCUT2D eigenvalue weighted by Gasteiger charge is -2.30. The van der Waals surface area contributed by atoms with Gasteiger partial charge in [0.25, 0.3) is 0 Å². The molecule has 0 spiro atoms. The Morgan fingerprint density at radius 3 is 1.75 bits per heavy atom. The Morgan fingerprint density at radius 2 is 0.923 bits per heavy atom. The van der Waals surface area contributed by atoms with E-state index in [1.165, 1.54) is 80.8 Å². The van der Waals surface area contributed by atoms with Gasteiger partial charge in [0, 0.05) is 26.7 Å². The Balaban J connectivity index is 1.32. The van der Waals surface area contributed by atoms with Crippen LogP contribution in [-0.4, -0.2) is 0 Å². The summed E-state index contributed by atoms with van der Waals surface area (Å²) in [4.78, 5) is 2.51. The van der Waals surface area contributed by atoms with Gasteiger partial charge < -0.3 is 4.90 Å². The Hall–Kier alpha value is -6.48. The highest BCUT2D eigenvalue weighted by Crippen LogP contribution is 2.51. The number of hydrogen-bond acceptors (Lipinski definition) is 2. The van der Waals surface area contributed by atoms with Crippen molar-refractivity contribution in [3.63, 3.8) is 0 Å². The second-order valence-corrected chi connectivity index (χ2v) is 14.3. The zero-order valence-corrected chi connectivity index (χ0v) is 29.2. The van der Waals surface area contributed by atoms with Gasteiger partial charge in [-0.1, -0.05) is 170 Å². The van der Waals surface area contributed by atoms with Gasteiger partial charge in [-0.3, -0.25) is 0 Å². The lowest BCUT2D eigenvalue weighted by molar-refractivity contribution is 1.31. The summed E-state index contributed by atoms with van der Waals surface area (Å²) < 4.78 is 2.57. The van der Waals surface area contributed by atoms with E-state index in [0.717, 1.165) is 11.4 Å². The summed E-state index contributed by atoms with van der Waals surface area (Å²) in [5.41, 5.74) is 10.6. The van der Waals surface area contributed by atoms with Crippen molar-refractivity contribution < 1.29 is 0 Å². The monoisotopic (exact) mass is 679 g/mol. The van der Waals surface area contributed by atoms with E-state index >= 15 is 0 Å². The molecular weight excluding hydrogens is 647 g/mol. The molecule has 1 heterocycles. The zero-order chi connectivity index (χ0) is 34.4. The van der Waals surface area contributed by atoms with Crippen molar-refractivity contribution in [3.8, 4) is 33.4 Å². The molecule has 244 valence electrons. The third-order valence-electron chi connectivity index (χ3n) is 10.3. The Bertz CT molecular complexity index is 2910. The fourth-order valence-corrected chi connectivity index (χ4v) is 9.10. The molecule has 0 unspecified atom stereocenters. The lowest BCUT2D eigenvalue weighted by Crippen LogP contribution is -2.12. The highest BCUT2D eigenvalue weighted by molar-refractivity contribution is 7.26. The minimum atomic E-state index is 1.12. The van der Waals surface area contributed by atoms with Gasteiger partial charge in [0.2, 0.25) is 0 Å². The van der Waals surface area contributed by atoms with Crippen LogP contribution in [-0.2, 0) is 0 Å². The molecule has 0 saturated heterocycles. The van der Waals surface area contributed by atoms with Gasteiger partial charge in [0.15, 0.2) is 0 Å². The molecule has 10 aromatic rings. The molecule has 0 radical (unpaired) electrons. The first-order valence-corrected chi connectivity index (χ1v) is 18.6. The van der Waals surface area contributed by atoms with Crippen LogP contribution in [0.25, 0.3) is 75.1 Å². The molecule has 0 fully saturated rings. The summed E-state index contributed by atoms with van der Waals surface area (Å²) in [6.45, 7) is 0. The number of fused-ring (bicyclic) bond motifs is 6. The normalized spacial score (nSPS) is 11.5. The molecule has 2 heteroatoms. The summed E-state index contributed by atoms with van der Waals surface area (Å²) in [5.74, 6) is 0. The minimum Gasteiger partial charge on any atom is -0.308 e. The van der Waals surface area contributed by atoms with Crippen LogP contribution in [0.4, 0.5) is 17.1 Å². The fourth-order valence-electron chi connectivity index (χ4n) is 7.89. The first-order valence-electron chi connectivity index (χ1n) is 17.8. The molecule has 0 amide bonds. The van der Waals surface area contributed by atoms with Gasteiger partial charge in [0.1, 0.15) is 0 Å². The smallest absolute Gasteiger partial charge is 0.0640 e. The SMILES string of the molecule is c1ccc(-c2ccccc2-c2c(-c3ccccc3)cccc2N(c2ccc3c(ccc4ccccc43)c2)c2cccc3c2sc2ccccc23)cc1. The van der Waals surface area contributed by atoms with Crippen molar-refractivity contribution in [1.82, 2.24) is 0 Å². The number of thiophene rings is 1. The fraction of sp³-hybridized carbons (Fsp3) is 0. The highest BCUT2D eigenvalue weighted by atomic mass is 32.1. The third-order valence-corrected chi connectivity index (χ3v) is 11.5. The molecule has 0 saturated carbocycles. The summed E-state index contributed by atoms with van der Waals surface area (Å²) in [6, 6.07) is 73.0. The second kappa shape index (κ2) is 12.7. The van der Waals surface area contributed by atoms with Gasteiger partial charge in [-0.25, -0.2) is 0 Å². The van der Waals surface area contributed by atoms with Gasteiger partial charge >= 0.3 is 0 Å². The molecule has 0 N–H and O–H groups in total. The van der Waals surface area contributed by atoms with E-state index in [2.05, 4.69) is 205 Å². The lowest BCUT2D eigenvalue weighted by atomic mass is 9.87. The Kier molecular flexibility index (Phi) is 7.41. The Morgan fingerprint density at radius 1 is 0.346 bits per heavy atom. The average molecular weight is 680 g/mol. The van der Waals surface area contributed by atoms with Crippen molar-refractivity contribution in [2.45, 2.75) is 0 Å². The summed E-state index contributed by atoms with van der Waals surface area (Å²) in [5, 5.41) is 7.57. The molecule has 52 heavy (non-hydrogen) atoms. The van der Waals surface area contributed by atoms with E-state index in [-0.39, 0.29) is 0 Å². The van der Waals surface area contributed by atoms with E-state index in [1.807, 2.05) is 11.3 Å². The van der Waals surface area contributed by atoms with Crippen LogP contribution < -0.4 is 4.90 Å². The number of benzene rings is 9. The van der Waals surface area contributed by atoms with Crippen molar-refractivity contribution in [2.24, 2.45) is 0 Å². The quantitative estimate of drug-likeness (QED) is 0.158. The van der Waals surface area contributed by atoms with Crippen LogP contribution in [0.3, 0.4) is 0 Å². The molecule has 10 rings (SSSR count). The number of hydrogen-bond donors (Lipinski definition) is 0. The van der Waals surface area contributed by atoms with Gasteiger partial charge in [-0.05, 0) is 79.7 Å². The topological polar surface area (TPSA) is 3.24 Å². The van der Waals surface area contributed by atoms with E-state index in [9.17, 15) is 0 Å². The first-order chi connectivity index (χ1) is 25.8. The molecule has 0 aliphatic carbocycles. The minimum absolute atomic E-state index is 1.12. The van der Waals surface area contributed by atoms with Crippen molar-refractivity contribution >= 4 is 70.1 Å². The summed E-state index contributed by atoms with van der Waals surface area (Å²) in [6.07, 6.45) is 0. The van der Waals surface area contributed by atoms with Crippen molar-refractivity contribution in [3.05, 3.63) is 200 Å². The maximum atomic E-state index is 2.51. The molecule has 1 aromatic heterocycles. The van der Waals surface area contributed by atoms with Gasteiger partial charge in [-0.15, -0.1) is 11.3 Å². The predicted molar refractivity (Wildman–Crippen MR) is 225 cm³/mol. The van der Waals surface area contributed by atoms with Gasteiger partial charge in [-0.2, -0.15) is 0 Å². The predicted octanol–water partition coefficient (Wildman–Crippen LogP) is 14.8. The van der Waals surface area contributed by atoms with Crippen LogP contribution >= 0.6 is 11.3 Å². The number of rotatable bonds is 6. The van der Waals surface area contributed by atoms with Crippen molar-refractivity contribution in [2.75, 3.05) is 4.90 Å². The van der Waals surface area contributed by atoms with E-state index in [1.54, 1.807) is 0 Å². The van der Waals surface area contributed by atoms with Crippen LogP contribution in [0.15, 0.2) is 200 Å².